The summed E-state index contributed by atoms with van der Waals surface area (Å²) in [5, 5.41) is 7.93. The number of hydrogen-bond acceptors (Lipinski definition) is 4. The van der Waals surface area contributed by atoms with E-state index in [1.54, 1.807) is 17.9 Å². The summed E-state index contributed by atoms with van der Waals surface area (Å²) in [4.78, 5) is 14.7. The van der Waals surface area contributed by atoms with Crippen molar-refractivity contribution in [1.82, 2.24) is 20.0 Å². The van der Waals surface area contributed by atoms with Crippen LogP contribution in [0.1, 0.15) is 29.8 Å². The zero-order valence-electron chi connectivity index (χ0n) is 14.6. The Morgan fingerprint density at radius 2 is 1.92 bits per heavy atom. The lowest BCUT2D eigenvalue weighted by Gasteiger charge is -2.38. The minimum atomic E-state index is 0.0352. The standard InChI is InChI=1S/C19H24N4O2/c1-25-16-4-2-15(3-5-16)23-11-6-17(21-23)18(24)22-12-8-19(9-13-22)7-10-20-14-19/h2-6,11,20H,7-10,12-14H2,1H3. The van der Waals surface area contributed by atoms with Crippen molar-refractivity contribution in [1.29, 1.82) is 0 Å². The van der Waals surface area contributed by atoms with Gasteiger partial charge in [0.15, 0.2) is 5.69 Å². The molecule has 25 heavy (non-hydrogen) atoms. The molecule has 0 unspecified atom stereocenters. The largest absolute Gasteiger partial charge is 0.497 e. The first-order valence-electron chi connectivity index (χ1n) is 8.89. The fraction of sp³-hybridized carbons (Fsp3) is 0.474. The predicted molar refractivity (Wildman–Crippen MR) is 95.2 cm³/mol. The summed E-state index contributed by atoms with van der Waals surface area (Å²) in [6, 6.07) is 9.43. The van der Waals surface area contributed by atoms with E-state index in [0.29, 0.717) is 11.1 Å². The van der Waals surface area contributed by atoms with E-state index in [4.69, 9.17) is 4.74 Å². The number of carbonyl (C=O) groups excluding carboxylic acids is 1. The third-order valence-electron chi connectivity index (χ3n) is 5.59. The average Bonchev–Trinajstić information content (AvgIpc) is 3.32. The van der Waals surface area contributed by atoms with Crippen LogP contribution >= 0.6 is 0 Å². The molecule has 0 bridgehead atoms. The van der Waals surface area contributed by atoms with E-state index in [1.807, 2.05) is 35.4 Å². The summed E-state index contributed by atoms with van der Waals surface area (Å²) in [6.45, 7) is 3.87. The highest BCUT2D eigenvalue weighted by molar-refractivity contribution is 5.92. The molecule has 1 N–H and O–H groups in total. The Balaban J connectivity index is 1.43. The van der Waals surface area contributed by atoms with Crippen molar-refractivity contribution in [3.8, 4) is 11.4 Å². The van der Waals surface area contributed by atoms with Crippen molar-refractivity contribution < 1.29 is 9.53 Å². The summed E-state index contributed by atoms with van der Waals surface area (Å²) in [6.07, 6.45) is 5.25. The molecule has 2 aliphatic rings. The molecule has 1 spiro atoms. The van der Waals surface area contributed by atoms with Crippen molar-refractivity contribution in [2.45, 2.75) is 19.3 Å². The molecule has 132 valence electrons. The summed E-state index contributed by atoms with van der Waals surface area (Å²) >= 11 is 0. The van der Waals surface area contributed by atoms with Crippen LogP contribution in [-0.2, 0) is 0 Å². The SMILES string of the molecule is COc1ccc(-n2ccc(C(=O)N3CCC4(CCNC4)CC3)n2)cc1. The Bertz CT molecular complexity index is 737. The van der Waals surface area contributed by atoms with Crippen molar-refractivity contribution in [3.63, 3.8) is 0 Å². The predicted octanol–water partition coefficient (Wildman–Crippen LogP) is 2.10. The van der Waals surface area contributed by atoms with Gasteiger partial charge in [0.2, 0.25) is 0 Å². The van der Waals surface area contributed by atoms with Gasteiger partial charge >= 0.3 is 0 Å². The third kappa shape index (κ3) is 3.14. The molecule has 2 saturated heterocycles. The smallest absolute Gasteiger partial charge is 0.274 e. The molecular weight excluding hydrogens is 316 g/mol. The topological polar surface area (TPSA) is 59.4 Å². The van der Waals surface area contributed by atoms with E-state index in [-0.39, 0.29) is 5.91 Å². The number of benzene rings is 1. The monoisotopic (exact) mass is 340 g/mol. The fourth-order valence-electron chi connectivity index (χ4n) is 3.89. The minimum absolute atomic E-state index is 0.0352. The normalized spacial score (nSPS) is 19.3. The van der Waals surface area contributed by atoms with Crippen molar-refractivity contribution in [2.24, 2.45) is 5.41 Å². The Kier molecular flexibility index (Phi) is 4.21. The highest BCUT2D eigenvalue weighted by Gasteiger charge is 2.38. The summed E-state index contributed by atoms with van der Waals surface area (Å²) < 4.78 is 6.91. The molecule has 2 fully saturated rings. The number of carbonyl (C=O) groups is 1. The van der Waals surface area contributed by atoms with E-state index in [0.717, 1.165) is 50.5 Å². The highest BCUT2D eigenvalue weighted by Crippen LogP contribution is 2.37. The van der Waals surface area contributed by atoms with Crippen LogP contribution in [0.15, 0.2) is 36.5 Å². The molecule has 0 atom stereocenters. The molecule has 1 aromatic heterocycles. The zero-order chi connectivity index (χ0) is 17.3. The second-order valence-corrected chi connectivity index (χ2v) is 7.06. The van der Waals surface area contributed by atoms with Gasteiger partial charge in [0.1, 0.15) is 5.75 Å². The number of aromatic nitrogens is 2. The highest BCUT2D eigenvalue weighted by atomic mass is 16.5. The molecule has 3 heterocycles. The molecule has 0 radical (unpaired) electrons. The van der Waals surface area contributed by atoms with Crippen molar-refractivity contribution in [2.75, 3.05) is 33.3 Å². The molecule has 2 aromatic rings. The number of rotatable bonds is 3. The van der Waals surface area contributed by atoms with Crippen LogP contribution < -0.4 is 10.1 Å². The summed E-state index contributed by atoms with van der Waals surface area (Å²) in [5.74, 6) is 0.837. The number of hydrogen-bond donors (Lipinski definition) is 1. The van der Waals surface area contributed by atoms with Gasteiger partial charge in [-0.2, -0.15) is 5.10 Å². The number of methoxy groups -OCH3 is 1. The zero-order valence-corrected chi connectivity index (χ0v) is 14.6. The number of piperidine rings is 1. The third-order valence-corrected chi connectivity index (χ3v) is 5.59. The number of amides is 1. The Hall–Kier alpha value is -2.34. The molecule has 0 saturated carbocycles. The van der Waals surface area contributed by atoms with Gasteiger partial charge in [-0.25, -0.2) is 4.68 Å². The molecule has 2 aliphatic heterocycles. The first-order valence-corrected chi connectivity index (χ1v) is 8.89. The molecule has 6 nitrogen and oxygen atoms in total. The second kappa shape index (κ2) is 6.52. The Labute approximate surface area is 147 Å². The number of nitrogens with zero attached hydrogens (tertiary/aromatic N) is 3. The van der Waals surface area contributed by atoms with Gasteiger partial charge < -0.3 is 15.0 Å². The van der Waals surface area contributed by atoms with E-state index >= 15 is 0 Å². The Morgan fingerprint density at radius 1 is 1.16 bits per heavy atom. The molecule has 4 rings (SSSR count). The fourth-order valence-corrected chi connectivity index (χ4v) is 3.89. The van der Waals surface area contributed by atoms with Crippen molar-refractivity contribution >= 4 is 5.91 Å². The minimum Gasteiger partial charge on any atom is -0.497 e. The van der Waals surface area contributed by atoms with Crippen LogP contribution in [-0.4, -0.2) is 53.9 Å². The Morgan fingerprint density at radius 3 is 2.56 bits per heavy atom. The van der Waals surface area contributed by atoms with Crippen LogP contribution in [0.3, 0.4) is 0 Å². The van der Waals surface area contributed by atoms with Gasteiger partial charge in [0.25, 0.3) is 5.91 Å². The van der Waals surface area contributed by atoms with E-state index in [2.05, 4.69) is 10.4 Å². The van der Waals surface area contributed by atoms with Crippen LogP contribution in [0.4, 0.5) is 0 Å². The first-order chi connectivity index (χ1) is 12.2. The van der Waals surface area contributed by atoms with Gasteiger partial charge in [-0.3, -0.25) is 4.79 Å². The number of nitrogens with one attached hydrogen (secondary N) is 1. The van der Waals surface area contributed by atoms with Crippen LogP contribution in [0.2, 0.25) is 0 Å². The maximum atomic E-state index is 12.8. The summed E-state index contributed by atoms with van der Waals surface area (Å²) in [5.41, 5.74) is 1.84. The maximum Gasteiger partial charge on any atom is 0.274 e. The lowest BCUT2D eigenvalue weighted by Crippen LogP contribution is -2.44. The number of likely N-dealkylation sites (tertiary alicyclic amines) is 1. The quantitative estimate of drug-likeness (QED) is 0.930. The van der Waals surface area contributed by atoms with E-state index < -0.39 is 0 Å². The van der Waals surface area contributed by atoms with Gasteiger partial charge in [-0.15, -0.1) is 0 Å². The van der Waals surface area contributed by atoms with E-state index in [9.17, 15) is 4.79 Å². The van der Waals surface area contributed by atoms with Crippen LogP contribution in [0.25, 0.3) is 5.69 Å². The van der Waals surface area contributed by atoms with E-state index in [1.165, 1.54) is 6.42 Å². The van der Waals surface area contributed by atoms with Gasteiger partial charge in [0, 0.05) is 25.8 Å². The number of ether oxygens (including phenoxy) is 1. The first kappa shape index (κ1) is 16.1. The lowest BCUT2D eigenvalue weighted by molar-refractivity contribution is 0.0601. The van der Waals surface area contributed by atoms with Gasteiger partial charge in [-0.05, 0) is 61.6 Å². The van der Waals surface area contributed by atoms with Crippen LogP contribution in [0, 0.1) is 5.41 Å². The summed E-state index contributed by atoms with van der Waals surface area (Å²) in [7, 11) is 1.64. The molecule has 6 heteroatoms. The maximum absolute atomic E-state index is 12.8. The lowest BCUT2D eigenvalue weighted by atomic mass is 9.78. The van der Waals surface area contributed by atoms with Crippen LogP contribution in [0.5, 0.6) is 5.75 Å². The van der Waals surface area contributed by atoms with Crippen molar-refractivity contribution in [3.05, 3.63) is 42.2 Å². The molecular formula is C19H24N4O2. The second-order valence-electron chi connectivity index (χ2n) is 7.06. The molecule has 0 aliphatic carbocycles. The van der Waals surface area contributed by atoms with Gasteiger partial charge in [-0.1, -0.05) is 0 Å². The van der Waals surface area contributed by atoms with Gasteiger partial charge in [0.05, 0.1) is 12.8 Å². The molecule has 1 amide bonds. The molecule has 1 aromatic carbocycles. The average molecular weight is 340 g/mol.